The molecule has 2 aromatic carbocycles. The normalized spacial score (nSPS) is 10.0. The van der Waals surface area contributed by atoms with E-state index in [1.54, 1.807) is 18.2 Å². The van der Waals surface area contributed by atoms with E-state index >= 15 is 0 Å². The van der Waals surface area contributed by atoms with Crippen LogP contribution in [0.1, 0.15) is 28.4 Å². The second kappa shape index (κ2) is 7.98. The number of ether oxygens (including phenoxy) is 3. The highest BCUT2D eigenvalue weighted by molar-refractivity contribution is 5.92. The molecule has 2 aromatic rings. The standard InChI is InChI=1S/C18H18O5/c1-13(19)22-12-15-8-9-17(21-2)16(10-15)18(20)23-11-14-6-4-3-5-7-14/h3-10H,11-12H2,1-2H3. The molecule has 0 aliphatic heterocycles. The van der Waals surface area contributed by atoms with Gasteiger partial charge in [0.05, 0.1) is 7.11 Å². The van der Waals surface area contributed by atoms with Crippen LogP contribution in [0.15, 0.2) is 48.5 Å². The van der Waals surface area contributed by atoms with Gasteiger partial charge in [-0.15, -0.1) is 0 Å². The average Bonchev–Trinajstić information content (AvgIpc) is 2.58. The third-order valence-corrected chi connectivity index (χ3v) is 3.14. The summed E-state index contributed by atoms with van der Waals surface area (Å²) in [7, 11) is 1.48. The predicted molar refractivity (Wildman–Crippen MR) is 84.0 cm³/mol. The third kappa shape index (κ3) is 4.85. The molecule has 120 valence electrons. The molecule has 2 rings (SSSR count). The van der Waals surface area contributed by atoms with Crippen molar-refractivity contribution in [3.63, 3.8) is 0 Å². The molecule has 0 aliphatic rings. The number of rotatable bonds is 6. The molecule has 5 nitrogen and oxygen atoms in total. The maximum absolute atomic E-state index is 12.3. The Kier molecular flexibility index (Phi) is 5.74. The fourth-order valence-electron chi connectivity index (χ4n) is 1.99. The predicted octanol–water partition coefficient (Wildman–Crippen LogP) is 3.12. The first-order valence-corrected chi connectivity index (χ1v) is 7.11. The molecule has 0 bridgehead atoms. The van der Waals surface area contributed by atoms with E-state index in [1.165, 1.54) is 14.0 Å². The Balaban J connectivity index is 2.10. The van der Waals surface area contributed by atoms with Gasteiger partial charge in [-0.2, -0.15) is 0 Å². The van der Waals surface area contributed by atoms with Gasteiger partial charge in [-0.05, 0) is 23.3 Å². The molecule has 23 heavy (non-hydrogen) atoms. The van der Waals surface area contributed by atoms with E-state index in [0.29, 0.717) is 16.9 Å². The Morgan fingerprint density at radius 3 is 2.26 bits per heavy atom. The Hall–Kier alpha value is -2.82. The van der Waals surface area contributed by atoms with E-state index in [-0.39, 0.29) is 19.2 Å². The molecule has 5 heteroatoms. The molecule has 0 aliphatic carbocycles. The maximum atomic E-state index is 12.3. The lowest BCUT2D eigenvalue weighted by atomic mass is 10.1. The first-order valence-electron chi connectivity index (χ1n) is 7.11. The van der Waals surface area contributed by atoms with E-state index in [9.17, 15) is 9.59 Å². The summed E-state index contributed by atoms with van der Waals surface area (Å²) in [6, 6.07) is 14.4. The molecule has 0 fully saturated rings. The molecule has 0 saturated heterocycles. The van der Waals surface area contributed by atoms with Gasteiger partial charge in [-0.1, -0.05) is 36.4 Å². The van der Waals surface area contributed by atoms with Crippen LogP contribution >= 0.6 is 0 Å². The van der Waals surface area contributed by atoms with Crippen LogP contribution in [0.25, 0.3) is 0 Å². The quantitative estimate of drug-likeness (QED) is 0.767. The molecule has 0 saturated carbocycles. The smallest absolute Gasteiger partial charge is 0.342 e. The summed E-state index contributed by atoms with van der Waals surface area (Å²) in [5, 5.41) is 0. The molecule has 0 atom stereocenters. The summed E-state index contributed by atoms with van der Waals surface area (Å²) in [5.41, 5.74) is 1.89. The lowest BCUT2D eigenvalue weighted by Gasteiger charge is -2.11. The van der Waals surface area contributed by atoms with Gasteiger partial charge in [-0.25, -0.2) is 4.79 Å². The van der Waals surface area contributed by atoms with Crippen LogP contribution in [0.5, 0.6) is 5.75 Å². The summed E-state index contributed by atoms with van der Waals surface area (Å²) in [6.45, 7) is 1.61. The third-order valence-electron chi connectivity index (χ3n) is 3.14. The van der Waals surface area contributed by atoms with Gasteiger partial charge in [0.1, 0.15) is 24.5 Å². The van der Waals surface area contributed by atoms with E-state index in [4.69, 9.17) is 14.2 Å². The zero-order chi connectivity index (χ0) is 16.7. The van der Waals surface area contributed by atoms with Gasteiger partial charge in [0.2, 0.25) is 0 Å². The van der Waals surface area contributed by atoms with E-state index < -0.39 is 5.97 Å². The summed E-state index contributed by atoms with van der Waals surface area (Å²) in [6.07, 6.45) is 0. The minimum absolute atomic E-state index is 0.0955. The van der Waals surface area contributed by atoms with Gasteiger partial charge in [0.15, 0.2) is 0 Å². The summed E-state index contributed by atoms with van der Waals surface area (Å²) < 4.78 is 15.4. The largest absolute Gasteiger partial charge is 0.496 e. The number of carbonyl (C=O) groups is 2. The zero-order valence-electron chi connectivity index (χ0n) is 13.1. The molecule has 0 unspecified atom stereocenters. The number of hydrogen-bond acceptors (Lipinski definition) is 5. The van der Waals surface area contributed by atoms with Crippen molar-refractivity contribution in [3.05, 3.63) is 65.2 Å². The number of carbonyl (C=O) groups excluding carboxylic acids is 2. The Labute approximate surface area is 134 Å². The fraction of sp³-hybridized carbons (Fsp3) is 0.222. The zero-order valence-corrected chi connectivity index (χ0v) is 13.1. The molecule has 0 heterocycles. The van der Waals surface area contributed by atoms with Crippen molar-refractivity contribution in [3.8, 4) is 5.75 Å². The van der Waals surface area contributed by atoms with Gasteiger partial charge in [-0.3, -0.25) is 4.79 Å². The molecule has 0 radical (unpaired) electrons. The number of benzene rings is 2. The number of hydrogen-bond donors (Lipinski definition) is 0. The first kappa shape index (κ1) is 16.5. The summed E-state index contributed by atoms with van der Waals surface area (Å²) in [4.78, 5) is 23.2. The van der Waals surface area contributed by atoms with E-state index in [1.807, 2.05) is 30.3 Å². The van der Waals surface area contributed by atoms with Crippen molar-refractivity contribution in [1.82, 2.24) is 0 Å². The minimum Gasteiger partial charge on any atom is -0.496 e. The number of esters is 2. The average molecular weight is 314 g/mol. The SMILES string of the molecule is COc1ccc(COC(C)=O)cc1C(=O)OCc1ccccc1. The maximum Gasteiger partial charge on any atom is 0.342 e. The van der Waals surface area contributed by atoms with Crippen LogP contribution in [-0.2, 0) is 27.5 Å². The summed E-state index contributed by atoms with van der Waals surface area (Å²) in [5.74, 6) is -0.459. The van der Waals surface area contributed by atoms with E-state index in [2.05, 4.69) is 0 Å². The molecule has 0 N–H and O–H groups in total. The first-order chi connectivity index (χ1) is 11.1. The van der Waals surface area contributed by atoms with Crippen molar-refractivity contribution < 1.29 is 23.8 Å². The lowest BCUT2D eigenvalue weighted by molar-refractivity contribution is -0.142. The highest BCUT2D eigenvalue weighted by Gasteiger charge is 2.15. The number of methoxy groups -OCH3 is 1. The second-order valence-corrected chi connectivity index (χ2v) is 4.88. The molecule has 0 aromatic heterocycles. The molecular formula is C18H18O5. The van der Waals surface area contributed by atoms with Crippen LogP contribution in [0.3, 0.4) is 0 Å². The molecule has 0 spiro atoms. The second-order valence-electron chi connectivity index (χ2n) is 4.88. The van der Waals surface area contributed by atoms with Gasteiger partial charge >= 0.3 is 11.9 Å². The van der Waals surface area contributed by atoms with Crippen LogP contribution in [-0.4, -0.2) is 19.0 Å². The van der Waals surface area contributed by atoms with Crippen LogP contribution in [0.2, 0.25) is 0 Å². The Morgan fingerprint density at radius 1 is 0.913 bits per heavy atom. The van der Waals surface area contributed by atoms with Crippen LogP contribution in [0.4, 0.5) is 0 Å². The lowest BCUT2D eigenvalue weighted by Crippen LogP contribution is -2.08. The topological polar surface area (TPSA) is 61.8 Å². The highest BCUT2D eigenvalue weighted by Crippen LogP contribution is 2.22. The van der Waals surface area contributed by atoms with Gasteiger partial charge in [0.25, 0.3) is 0 Å². The van der Waals surface area contributed by atoms with Gasteiger partial charge < -0.3 is 14.2 Å². The van der Waals surface area contributed by atoms with Crippen molar-refractivity contribution >= 4 is 11.9 Å². The fourth-order valence-corrected chi connectivity index (χ4v) is 1.99. The summed E-state index contributed by atoms with van der Waals surface area (Å²) >= 11 is 0. The monoisotopic (exact) mass is 314 g/mol. The van der Waals surface area contributed by atoms with E-state index in [0.717, 1.165) is 5.56 Å². The Bertz CT molecular complexity index is 679. The van der Waals surface area contributed by atoms with Crippen molar-refractivity contribution in [2.45, 2.75) is 20.1 Å². The van der Waals surface area contributed by atoms with Crippen LogP contribution < -0.4 is 4.74 Å². The van der Waals surface area contributed by atoms with Crippen molar-refractivity contribution in [1.29, 1.82) is 0 Å². The molecule has 0 amide bonds. The van der Waals surface area contributed by atoms with Crippen molar-refractivity contribution in [2.24, 2.45) is 0 Å². The van der Waals surface area contributed by atoms with Crippen LogP contribution in [0, 0.1) is 0 Å². The molecular weight excluding hydrogens is 296 g/mol. The minimum atomic E-state index is -0.490. The van der Waals surface area contributed by atoms with Crippen molar-refractivity contribution in [2.75, 3.05) is 7.11 Å². The highest BCUT2D eigenvalue weighted by atomic mass is 16.5. The van der Waals surface area contributed by atoms with Gasteiger partial charge in [0, 0.05) is 6.92 Å². The Morgan fingerprint density at radius 2 is 1.61 bits per heavy atom.